The zero-order valence-electron chi connectivity index (χ0n) is 17.7. The molecule has 2 aliphatic heterocycles. The molecule has 0 bridgehead atoms. The van der Waals surface area contributed by atoms with Crippen LogP contribution in [0.3, 0.4) is 0 Å². The molecule has 0 radical (unpaired) electrons. The number of rotatable bonds is 3. The van der Waals surface area contributed by atoms with E-state index < -0.39 is 47.7 Å². The molecule has 2 aliphatic carbocycles. The normalized spacial score (nSPS) is 43.0. The van der Waals surface area contributed by atoms with Crippen LogP contribution in [0.1, 0.15) is 48.0 Å². The number of hydrogen-bond acceptors (Lipinski definition) is 7. The second-order valence-corrected chi connectivity index (χ2v) is 8.87. The van der Waals surface area contributed by atoms with Crippen LogP contribution >= 0.6 is 0 Å². The largest absolute Gasteiger partial charge is 0.461 e. The first-order chi connectivity index (χ1) is 13.6. The number of hydrogen-bond donors (Lipinski definition) is 0. The SMILES string of the molecule is CC(=O)OC1C(C)=C2CC=C(C)C2C2OC(=O)C(C)C2C1OC(=O)C1(C)OC1C. The summed E-state index contributed by atoms with van der Waals surface area (Å²) in [5, 5.41) is 0. The number of fused-ring (bicyclic) bond motifs is 3. The van der Waals surface area contributed by atoms with Crippen LogP contribution in [0.25, 0.3) is 0 Å². The number of carbonyl (C=O) groups excluding carboxylic acids is 3. The molecule has 7 heteroatoms. The van der Waals surface area contributed by atoms with Crippen molar-refractivity contribution in [3.63, 3.8) is 0 Å². The lowest BCUT2D eigenvalue weighted by Crippen LogP contribution is -2.47. The molecule has 8 unspecified atom stereocenters. The van der Waals surface area contributed by atoms with E-state index in [-0.39, 0.29) is 18.0 Å². The van der Waals surface area contributed by atoms with Gasteiger partial charge in [0.05, 0.1) is 17.9 Å². The highest BCUT2D eigenvalue weighted by Crippen LogP contribution is 2.50. The van der Waals surface area contributed by atoms with E-state index >= 15 is 0 Å². The quantitative estimate of drug-likeness (QED) is 0.309. The van der Waals surface area contributed by atoms with Crippen molar-refractivity contribution in [2.24, 2.45) is 17.8 Å². The summed E-state index contributed by atoms with van der Waals surface area (Å²) in [5.74, 6) is -2.27. The van der Waals surface area contributed by atoms with Gasteiger partial charge in [0.2, 0.25) is 0 Å². The maximum absolute atomic E-state index is 12.9. The van der Waals surface area contributed by atoms with E-state index in [1.807, 2.05) is 13.8 Å². The van der Waals surface area contributed by atoms with Crippen LogP contribution in [0.2, 0.25) is 0 Å². The Morgan fingerprint density at radius 2 is 1.86 bits per heavy atom. The molecule has 7 nitrogen and oxygen atoms in total. The lowest BCUT2D eigenvalue weighted by molar-refractivity contribution is -0.174. The summed E-state index contributed by atoms with van der Waals surface area (Å²) in [7, 11) is 0. The highest BCUT2D eigenvalue weighted by Gasteiger charge is 2.61. The van der Waals surface area contributed by atoms with Crippen LogP contribution < -0.4 is 0 Å². The molecular formula is C22H28O7. The van der Waals surface area contributed by atoms with E-state index in [0.717, 1.165) is 16.7 Å². The average molecular weight is 404 g/mol. The second kappa shape index (κ2) is 6.69. The van der Waals surface area contributed by atoms with Gasteiger partial charge in [-0.2, -0.15) is 0 Å². The summed E-state index contributed by atoms with van der Waals surface area (Å²) in [6.45, 7) is 10.5. The molecule has 0 amide bonds. The van der Waals surface area contributed by atoms with Gasteiger partial charge >= 0.3 is 17.9 Å². The van der Waals surface area contributed by atoms with Gasteiger partial charge < -0.3 is 18.9 Å². The first-order valence-electron chi connectivity index (χ1n) is 10.2. The molecule has 0 N–H and O–H groups in total. The Labute approximate surface area is 170 Å². The molecule has 0 aromatic carbocycles. The molecular weight excluding hydrogens is 376 g/mol. The smallest absolute Gasteiger partial charge is 0.341 e. The second-order valence-electron chi connectivity index (χ2n) is 8.87. The van der Waals surface area contributed by atoms with Crippen molar-refractivity contribution in [3.05, 3.63) is 22.8 Å². The van der Waals surface area contributed by atoms with Crippen molar-refractivity contribution < 1.29 is 33.3 Å². The molecule has 158 valence electrons. The van der Waals surface area contributed by atoms with Crippen LogP contribution in [-0.2, 0) is 33.3 Å². The third-order valence-corrected chi connectivity index (χ3v) is 7.11. The minimum atomic E-state index is -1.01. The fourth-order valence-corrected chi connectivity index (χ4v) is 5.08. The summed E-state index contributed by atoms with van der Waals surface area (Å²) in [5.41, 5.74) is 2.05. The molecule has 4 rings (SSSR count). The van der Waals surface area contributed by atoms with E-state index in [0.29, 0.717) is 6.42 Å². The number of allylic oxidation sites excluding steroid dienone is 1. The molecule has 8 atom stereocenters. The number of esters is 3. The fourth-order valence-electron chi connectivity index (χ4n) is 5.08. The molecule has 0 aromatic rings. The lowest BCUT2D eigenvalue weighted by atomic mass is 9.79. The van der Waals surface area contributed by atoms with Crippen molar-refractivity contribution >= 4 is 17.9 Å². The van der Waals surface area contributed by atoms with Gasteiger partial charge in [0.15, 0.2) is 11.7 Å². The van der Waals surface area contributed by atoms with Crippen molar-refractivity contribution in [3.8, 4) is 0 Å². The highest BCUT2D eigenvalue weighted by atomic mass is 16.7. The van der Waals surface area contributed by atoms with E-state index in [1.165, 1.54) is 6.92 Å². The minimum Gasteiger partial charge on any atom is -0.461 e. The Kier molecular flexibility index (Phi) is 4.64. The zero-order valence-corrected chi connectivity index (χ0v) is 17.7. The van der Waals surface area contributed by atoms with E-state index in [2.05, 4.69) is 6.08 Å². The van der Waals surface area contributed by atoms with Gasteiger partial charge in [0.1, 0.15) is 12.2 Å². The number of epoxide rings is 1. The maximum Gasteiger partial charge on any atom is 0.341 e. The Balaban J connectivity index is 1.79. The molecule has 2 fully saturated rings. The van der Waals surface area contributed by atoms with Gasteiger partial charge in [-0.15, -0.1) is 0 Å². The molecule has 29 heavy (non-hydrogen) atoms. The molecule has 2 saturated heterocycles. The Hall–Kier alpha value is -2.15. The highest BCUT2D eigenvalue weighted by molar-refractivity contribution is 5.83. The van der Waals surface area contributed by atoms with Gasteiger partial charge in [-0.1, -0.05) is 24.1 Å². The van der Waals surface area contributed by atoms with Gasteiger partial charge in [0, 0.05) is 12.8 Å². The first kappa shape index (κ1) is 20.1. The fraction of sp³-hybridized carbons (Fsp3) is 0.682. The summed E-state index contributed by atoms with van der Waals surface area (Å²) in [6, 6.07) is 0. The zero-order chi connectivity index (χ0) is 21.2. The monoisotopic (exact) mass is 404 g/mol. The van der Waals surface area contributed by atoms with Gasteiger partial charge in [-0.3, -0.25) is 9.59 Å². The molecule has 0 aromatic heterocycles. The van der Waals surface area contributed by atoms with Gasteiger partial charge in [-0.25, -0.2) is 4.79 Å². The summed E-state index contributed by atoms with van der Waals surface area (Å²) >= 11 is 0. The Morgan fingerprint density at radius 3 is 2.45 bits per heavy atom. The summed E-state index contributed by atoms with van der Waals surface area (Å²) in [6.07, 6.45) is 0.537. The van der Waals surface area contributed by atoms with Crippen molar-refractivity contribution in [1.82, 2.24) is 0 Å². The van der Waals surface area contributed by atoms with Gasteiger partial charge in [0.25, 0.3) is 0 Å². The van der Waals surface area contributed by atoms with Crippen LogP contribution in [0.15, 0.2) is 22.8 Å². The average Bonchev–Trinajstić information content (AvgIpc) is 2.97. The molecule has 2 heterocycles. The van der Waals surface area contributed by atoms with Crippen LogP contribution in [0.5, 0.6) is 0 Å². The summed E-state index contributed by atoms with van der Waals surface area (Å²) in [4.78, 5) is 37.4. The standard InChI is InChI=1S/C22H28O7/c1-9-7-8-14-10(2)17(26-13(5)23)19(28-21(25)22(6)12(4)29-22)16-11(3)20(24)27-18(16)15(9)14/h7,11-12,15-19H,8H2,1-6H3. The molecule has 0 saturated carbocycles. The van der Waals surface area contributed by atoms with Crippen LogP contribution in [0.4, 0.5) is 0 Å². The van der Waals surface area contributed by atoms with Crippen LogP contribution in [-0.4, -0.2) is 47.9 Å². The predicted molar refractivity (Wildman–Crippen MR) is 101 cm³/mol. The Bertz CT molecular complexity index is 840. The Morgan fingerprint density at radius 1 is 1.21 bits per heavy atom. The van der Waals surface area contributed by atoms with E-state index in [1.54, 1.807) is 20.8 Å². The third-order valence-electron chi connectivity index (χ3n) is 7.11. The molecule has 4 aliphatic rings. The van der Waals surface area contributed by atoms with Crippen molar-refractivity contribution in [1.29, 1.82) is 0 Å². The third kappa shape index (κ3) is 3.01. The van der Waals surface area contributed by atoms with Gasteiger partial charge in [-0.05, 0) is 39.7 Å². The number of ether oxygens (including phenoxy) is 4. The number of carbonyl (C=O) groups is 3. The summed E-state index contributed by atoms with van der Waals surface area (Å²) < 4.78 is 22.9. The van der Waals surface area contributed by atoms with E-state index in [9.17, 15) is 14.4 Å². The van der Waals surface area contributed by atoms with E-state index in [4.69, 9.17) is 18.9 Å². The maximum atomic E-state index is 12.9. The predicted octanol–water partition coefficient (Wildman–Crippen LogP) is 2.48. The topological polar surface area (TPSA) is 91.4 Å². The van der Waals surface area contributed by atoms with Crippen molar-refractivity contribution in [2.75, 3.05) is 0 Å². The lowest BCUT2D eigenvalue weighted by Gasteiger charge is -2.33. The molecule has 0 spiro atoms. The first-order valence-corrected chi connectivity index (χ1v) is 10.2. The minimum absolute atomic E-state index is 0.0812. The van der Waals surface area contributed by atoms with Crippen molar-refractivity contribution in [2.45, 2.75) is 78.0 Å². The van der Waals surface area contributed by atoms with Crippen LogP contribution in [0, 0.1) is 17.8 Å².